The zero-order chi connectivity index (χ0) is 30.0. The number of nitrogens with zero attached hydrogens (tertiary/aromatic N) is 3. The van der Waals surface area contributed by atoms with Crippen LogP contribution < -0.4 is 10.0 Å². The number of rotatable bonds is 16. The topological polar surface area (TPSA) is 149 Å². The maximum Gasteiger partial charge on any atom is 0.407 e. The Hall–Kier alpha value is -3.42. The van der Waals surface area contributed by atoms with Crippen molar-refractivity contribution in [2.45, 2.75) is 57.5 Å². The number of hydrogen-bond donors (Lipinski definition) is 3. The number of carboxylic acid groups (broad SMARTS) is 1. The van der Waals surface area contributed by atoms with E-state index < -0.39 is 39.4 Å². The lowest BCUT2D eigenvalue weighted by molar-refractivity contribution is -0.141. The summed E-state index contributed by atoms with van der Waals surface area (Å²) in [5.74, 6) is -2.14. The molecule has 11 nitrogen and oxygen atoms in total. The average molecular weight is 592 g/mol. The van der Waals surface area contributed by atoms with Crippen LogP contribution in [0.1, 0.15) is 49.7 Å². The number of carbonyl (C=O) groups is 3. The van der Waals surface area contributed by atoms with Crippen molar-refractivity contribution in [3.63, 3.8) is 0 Å². The van der Waals surface area contributed by atoms with Gasteiger partial charge in [0.05, 0.1) is 0 Å². The van der Waals surface area contributed by atoms with E-state index in [-0.39, 0.29) is 31.9 Å². The Morgan fingerprint density at radius 1 is 1.10 bits per heavy atom. The quantitative estimate of drug-likeness (QED) is 0.201. The van der Waals surface area contributed by atoms with Crippen LogP contribution in [0.25, 0.3) is 0 Å². The number of nitrogens with one attached hydrogen (secondary N) is 2. The minimum atomic E-state index is -3.63. The predicted octanol–water partition coefficient (Wildman–Crippen LogP) is 2.73. The Labute approximate surface area is 240 Å². The fourth-order valence-electron chi connectivity index (χ4n) is 4.92. The van der Waals surface area contributed by atoms with Gasteiger partial charge >= 0.3 is 6.09 Å². The molecule has 224 valence electrons. The summed E-state index contributed by atoms with van der Waals surface area (Å²) < 4.78 is 40.9. The van der Waals surface area contributed by atoms with Gasteiger partial charge in [-0.1, -0.05) is 24.6 Å². The number of carbonyl (C=O) groups excluding carboxylic acids is 2. The van der Waals surface area contributed by atoms with Crippen molar-refractivity contribution < 1.29 is 32.3 Å². The molecule has 1 aliphatic carbocycles. The molecule has 1 aromatic heterocycles. The van der Waals surface area contributed by atoms with Crippen LogP contribution in [0.3, 0.4) is 0 Å². The zero-order valence-electron chi connectivity index (χ0n) is 23.4. The predicted molar refractivity (Wildman–Crippen MR) is 150 cm³/mol. The fourth-order valence-corrected chi connectivity index (χ4v) is 5.58. The molecule has 0 bridgehead atoms. The van der Waals surface area contributed by atoms with Crippen molar-refractivity contribution in [2.24, 2.45) is 5.41 Å². The van der Waals surface area contributed by atoms with Crippen LogP contribution in [0.4, 0.5) is 9.18 Å². The van der Waals surface area contributed by atoms with Crippen molar-refractivity contribution in [3.05, 3.63) is 65.7 Å². The maximum absolute atomic E-state index is 13.4. The molecule has 1 unspecified atom stereocenters. The Morgan fingerprint density at radius 3 is 2.37 bits per heavy atom. The molecule has 3 N–H and O–H groups in total. The molecule has 1 fully saturated rings. The van der Waals surface area contributed by atoms with Gasteiger partial charge in [0.2, 0.25) is 5.78 Å². The van der Waals surface area contributed by atoms with E-state index in [0.717, 1.165) is 34.0 Å². The number of benzene rings is 1. The molecule has 1 aromatic carbocycles. The second kappa shape index (κ2) is 14.5. The molecule has 0 saturated heterocycles. The number of ketones is 1. The second-order valence-electron chi connectivity index (χ2n) is 10.7. The van der Waals surface area contributed by atoms with Gasteiger partial charge in [0.25, 0.3) is 16.1 Å². The average Bonchev–Trinajstić information content (AvgIpc) is 2.92. The van der Waals surface area contributed by atoms with E-state index in [1.165, 1.54) is 26.2 Å². The Kier molecular flexibility index (Phi) is 11.3. The molecule has 0 spiro atoms. The number of Topliss-reactive ketones (excluding diaryl/α,β-unsaturated/α-hetero) is 1. The summed E-state index contributed by atoms with van der Waals surface area (Å²) in [6, 6.07) is 8.25. The molecule has 1 atom stereocenters. The van der Waals surface area contributed by atoms with Gasteiger partial charge in [-0.2, -0.15) is 12.7 Å². The van der Waals surface area contributed by atoms with Crippen LogP contribution >= 0.6 is 0 Å². The first-order chi connectivity index (χ1) is 19.4. The van der Waals surface area contributed by atoms with Crippen LogP contribution in [-0.4, -0.2) is 78.7 Å². The molecule has 13 heteroatoms. The van der Waals surface area contributed by atoms with Gasteiger partial charge in [-0.3, -0.25) is 19.5 Å². The molecular weight excluding hydrogens is 553 g/mol. The van der Waals surface area contributed by atoms with E-state index in [4.69, 9.17) is 0 Å². The largest absolute Gasteiger partial charge is 0.465 e. The number of amides is 2. The molecule has 1 saturated carbocycles. The summed E-state index contributed by atoms with van der Waals surface area (Å²) >= 11 is 0. The minimum Gasteiger partial charge on any atom is -0.465 e. The molecule has 3 rings (SSSR count). The lowest BCUT2D eigenvalue weighted by Crippen LogP contribution is -2.54. The van der Waals surface area contributed by atoms with Crippen LogP contribution in [-0.2, 0) is 32.8 Å². The summed E-state index contributed by atoms with van der Waals surface area (Å²) in [5.41, 5.74) is 1.10. The summed E-state index contributed by atoms with van der Waals surface area (Å²) in [4.78, 5) is 43.9. The second-order valence-corrected chi connectivity index (χ2v) is 12.6. The highest BCUT2D eigenvalue weighted by atomic mass is 32.2. The lowest BCUT2D eigenvalue weighted by Gasteiger charge is -2.46. The molecule has 0 radical (unpaired) electrons. The van der Waals surface area contributed by atoms with E-state index in [1.807, 2.05) is 0 Å². The maximum atomic E-state index is 13.4. The highest BCUT2D eigenvalue weighted by Gasteiger charge is 2.43. The standard InChI is InChI=1S/C28H38FN5O6S/c1-33(2)41(39,40)32-16-4-3-8-24(25(35)26(36)31-19-22-7-5-15-30-18-22)34(27(37)38)20-28(13-6-14-28)17-21-9-11-23(29)12-10-21/h5,7,9-12,15,18,24,32H,3-4,6,8,13-14,16-17,19-20H2,1-2H3,(H,31,36)(H,37,38). The minimum absolute atomic E-state index is 0.0409. The molecule has 1 aliphatic rings. The first kappa shape index (κ1) is 32.1. The summed E-state index contributed by atoms with van der Waals surface area (Å²) in [5, 5.41) is 12.8. The Balaban J connectivity index is 1.75. The number of halogens is 1. The van der Waals surface area contributed by atoms with Gasteiger partial charge in [-0.05, 0) is 73.3 Å². The smallest absolute Gasteiger partial charge is 0.407 e. The third kappa shape index (κ3) is 9.30. The summed E-state index contributed by atoms with van der Waals surface area (Å²) in [6.07, 6.45) is 5.36. The molecule has 2 amide bonds. The first-order valence-electron chi connectivity index (χ1n) is 13.5. The summed E-state index contributed by atoms with van der Waals surface area (Å²) in [6.45, 7) is 0.189. The van der Waals surface area contributed by atoms with Crippen molar-refractivity contribution in [2.75, 3.05) is 27.2 Å². The van der Waals surface area contributed by atoms with E-state index in [0.29, 0.717) is 24.8 Å². The zero-order valence-corrected chi connectivity index (χ0v) is 24.2. The van der Waals surface area contributed by atoms with Gasteiger partial charge < -0.3 is 10.4 Å². The Bertz CT molecular complexity index is 1290. The van der Waals surface area contributed by atoms with E-state index in [1.54, 1.807) is 36.7 Å². The SMILES string of the molecule is CN(C)S(=O)(=O)NCCCCC(C(=O)C(=O)NCc1cccnc1)N(CC1(Cc2ccc(F)cc2)CCC1)C(=O)O. The third-order valence-electron chi connectivity index (χ3n) is 7.41. The lowest BCUT2D eigenvalue weighted by atomic mass is 9.65. The van der Waals surface area contributed by atoms with Crippen LogP contribution in [0.5, 0.6) is 0 Å². The number of pyridine rings is 1. The van der Waals surface area contributed by atoms with Crippen molar-refractivity contribution in [3.8, 4) is 0 Å². The van der Waals surface area contributed by atoms with Crippen LogP contribution in [0.2, 0.25) is 0 Å². The van der Waals surface area contributed by atoms with E-state index >= 15 is 0 Å². The van der Waals surface area contributed by atoms with Gasteiger partial charge in [-0.15, -0.1) is 0 Å². The number of hydrogen-bond acceptors (Lipinski definition) is 6. The van der Waals surface area contributed by atoms with Crippen LogP contribution in [0.15, 0.2) is 48.8 Å². The molecular formula is C28H38FN5O6S. The monoisotopic (exact) mass is 591 g/mol. The molecule has 2 aromatic rings. The first-order valence-corrected chi connectivity index (χ1v) is 15.0. The van der Waals surface area contributed by atoms with Gasteiger partial charge in [0.15, 0.2) is 0 Å². The van der Waals surface area contributed by atoms with Crippen molar-refractivity contribution in [1.29, 1.82) is 0 Å². The summed E-state index contributed by atoms with van der Waals surface area (Å²) in [7, 11) is -0.831. The molecule has 0 aliphatic heterocycles. The third-order valence-corrected chi connectivity index (χ3v) is 8.94. The van der Waals surface area contributed by atoms with Crippen LogP contribution in [0, 0.1) is 11.2 Å². The Morgan fingerprint density at radius 2 is 1.80 bits per heavy atom. The van der Waals surface area contributed by atoms with E-state index in [9.17, 15) is 32.3 Å². The van der Waals surface area contributed by atoms with Gasteiger partial charge in [-0.25, -0.2) is 13.9 Å². The number of unbranched alkanes of at least 4 members (excludes halogenated alkanes) is 1. The fraction of sp³-hybridized carbons (Fsp3) is 0.500. The highest BCUT2D eigenvalue weighted by Crippen LogP contribution is 2.45. The highest BCUT2D eigenvalue weighted by molar-refractivity contribution is 7.87. The van der Waals surface area contributed by atoms with E-state index in [2.05, 4.69) is 15.0 Å². The van der Waals surface area contributed by atoms with Crippen molar-refractivity contribution in [1.82, 2.24) is 24.2 Å². The molecule has 41 heavy (non-hydrogen) atoms. The number of aromatic nitrogens is 1. The van der Waals surface area contributed by atoms with Crippen molar-refractivity contribution >= 4 is 28.0 Å². The van der Waals surface area contributed by atoms with Gasteiger partial charge in [0, 0.05) is 46.1 Å². The molecule has 1 heterocycles. The van der Waals surface area contributed by atoms with Gasteiger partial charge in [0.1, 0.15) is 11.9 Å². The normalized spacial score (nSPS) is 15.1.